The molecule has 2 aromatic carbocycles. The van der Waals surface area contributed by atoms with E-state index >= 15 is 0 Å². The minimum Gasteiger partial charge on any atom is -0.478 e. The summed E-state index contributed by atoms with van der Waals surface area (Å²) < 4.78 is 21.7. The van der Waals surface area contributed by atoms with Gasteiger partial charge < -0.3 is 29.2 Å². The van der Waals surface area contributed by atoms with Crippen molar-refractivity contribution in [2.24, 2.45) is 11.8 Å². The fourth-order valence-corrected chi connectivity index (χ4v) is 6.14. The van der Waals surface area contributed by atoms with E-state index in [0.717, 1.165) is 63.5 Å². The van der Waals surface area contributed by atoms with E-state index < -0.39 is 23.9 Å². The van der Waals surface area contributed by atoms with Crippen LogP contribution in [0.5, 0.6) is 0 Å². The first-order valence-corrected chi connectivity index (χ1v) is 19.7. The molecular formula is C42H60O12. The van der Waals surface area contributed by atoms with Crippen molar-refractivity contribution in [1.82, 2.24) is 0 Å². The van der Waals surface area contributed by atoms with Gasteiger partial charge >= 0.3 is 35.8 Å². The summed E-state index contributed by atoms with van der Waals surface area (Å²) in [5, 5.41) is 19.5. The maximum Gasteiger partial charge on any atom is 0.338 e. The molecule has 0 amide bonds. The number of aromatic carboxylic acids is 2. The molecule has 2 N–H and O–H groups in total. The molecule has 0 aliphatic carbocycles. The normalized spacial score (nSPS) is 12.1. The fourth-order valence-electron chi connectivity index (χ4n) is 6.14. The molecule has 0 saturated heterocycles. The van der Waals surface area contributed by atoms with Crippen molar-refractivity contribution in [3.05, 3.63) is 46.5 Å². The molecule has 0 radical (unpaired) electrons. The zero-order valence-electron chi connectivity index (χ0n) is 32.6. The molecule has 0 aliphatic heterocycles. The van der Waals surface area contributed by atoms with Crippen molar-refractivity contribution < 1.29 is 57.9 Å². The summed E-state index contributed by atoms with van der Waals surface area (Å²) in [5.74, 6) is -4.44. The van der Waals surface area contributed by atoms with Gasteiger partial charge in [-0.25, -0.2) is 19.2 Å². The average molecular weight is 757 g/mol. The van der Waals surface area contributed by atoms with Crippen LogP contribution in [0.3, 0.4) is 0 Å². The number of unbranched alkanes of at least 4 members (excludes halogenated alkanes) is 6. The van der Waals surface area contributed by atoms with Crippen LogP contribution >= 0.6 is 0 Å². The first-order valence-electron chi connectivity index (χ1n) is 19.7. The Kier molecular flexibility index (Phi) is 21.6. The number of hydrogen-bond donors (Lipinski definition) is 2. The number of carboxylic acid groups (broad SMARTS) is 2. The van der Waals surface area contributed by atoms with Gasteiger partial charge in [-0.2, -0.15) is 0 Å². The Morgan fingerprint density at radius 1 is 0.500 bits per heavy atom. The highest BCUT2D eigenvalue weighted by Crippen LogP contribution is 2.32. The molecule has 54 heavy (non-hydrogen) atoms. The number of carbonyl (C=O) groups is 6. The highest BCUT2D eigenvalue weighted by molar-refractivity contribution is 6.22. The Bertz CT molecular complexity index is 1420. The third-order valence-electron chi connectivity index (χ3n) is 9.62. The Morgan fingerprint density at radius 3 is 1.20 bits per heavy atom. The maximum atomic E-state index is 13.3. The Balaban J connectivity index is 2.00. The van der Waals surface area contributed by atoms with Crippen molar-refractivity contribution in [2.45, 2.75) is 130 Å². The molecule has 0 heterocycles. The third-order valence-corrected chi connectivity index (χ3v) is 9.62. The van der Waals surface area contributed by atoms with Crippen LogP contribution in [0.4, 0.5) is 0 Å². The number of carboxylic acids is 2. The van der Waals surface area contributed by atoms with Crippen molar-refractivity contribution in [3.8, 4) is 0 Å². The lowest BCUT2D eigenvalue weighted by Crippen LogP contribution is -2.15. The standard InChI is InChI=1S/C42H60O12/c1-5-9-17-29(7-3)27-53-35(43)19-13-11-15-25-51-41(49)33-23-24-34(38-32(40(47)48)22-21-31(37(33)38)39(45)46)42(50)52-26-16-12-14-20-36(44)54-28-30(8-4)18-10-6-2/h21-24,29-30H,5-20,25-28H2,1-4H3,(H,45,46)(H,47,48). The monoisotopic (exact) mass is 756 g/mol. The lowest BCUT2D eigenvalue weighted by molar-refractivity contribution is -0.146. The second kappa shape index (κ2) is 25.5. The van der Waals surface area contributed by atoms with Crippen molar-refractivity contribution in [1.29, 1.82) is 0 Å². The van der Waals surface area contributed by atoms with Crippen LogP contribution in [-0.4, -0.2) is 72.5 Å². The summed E-state index contributed by atoms with van der Waals surface area (Å²) in [4.78, 5) is 75.4. The first kappa shape index (κ1) is 45.7. The zero-order valence-corrected chi connectivity index (χ0v) is 32.6. The molecule has 0 saturated carbocycles. The lowest BCUT2D eigenvalue weighted by atomic mass is 9.91. The van der Waals surface area contributed by atoms with Crippen molar-refractivity contribution in [3.63, 3.8) is 0 Å². The summed E-state index contributed by atoms with van der Waals surface area (Å²) in [7, 11) is 0. The van der Waals surface area contributed by atoms with Gasteiger partial charge in [-0.3, -0.25) is 9.59 Å². The number of fused-ring (bicyclic) bond motifs is 1. The second-order valence-corrected chi connectivity index (χ2v) is 13.8. The molecule has 0 bridgehead atoms. The Hall–Kier alpha value is -4.48. The molecule has 0 spiro atoms. The van der Waals surface area contributed by atoms with Gasteiger partial charge in [0.25, 0.3) is 0 Å². The summed E-state index contributed by atoms with van der Waals surface area (Å²) in [5.41, 5.74) is -1.17. The van der Waals surface area contributed by atoms with E-state index in [4.69, 9.17) is 18.9 Å². The minimum absolute atomic E-state index is 0.0228. The summed E-state index contributed by atoms with van der Waals surface area (Å²) in [6.07, 6.45) is 11.9. The molecule has 300 valence electrons. The van der Waals surface area contributed by atoms with Crippen molar-refractivity contribution >= 4 is 46.6 Å². The summed E-state index contributed by atoms with van der Waals surface area (Å²) in [6.45, 7) is 9.20. The van der Waals surface area contributed by atoms with Crippen LogP contribution in [0, 0.1) is 11.8 Å². The average Bonchev–Trinajstić information content (AvgIpc) is 3.16. The van der Waals surface area contributed by atoms with Gasteiger partial charge in [0, 0.05) is 23.6 Å². The number of rotatable bonds is 28. The zero-order chi connectivity index (χ0) is 39.9. The van der Waals surface area contributed by atoms with Gasteiger partial charge in [0.2, 0.25) is 0 Å². The summed E-state index contributed by atoms with van der Waals surface area (Å²) in [6, 6.07) is 4.61. The van der Waals surface area contributed by atoms with Crippen LogP contribution in [0.15, 0.2) is 24.3 Å². The van der Waals surface area contributed by atoms with E-state index in [9.17, 15) is 39.0 Å². The Morgan fingerprint density at radius 2 is 0.870 bits per heavy atom. The molecule has 12 nitrogen and oxygen atoms in total. The molecule has 2 unspecified atom stereocenters. The number of esters is 4. The molecule has 2 atom stereocenters. The molecule has 2 aromatic rings. The molecule has 0 aliphatic rings. The first-order chi connectivity index (χ1) is 26.0. The fraction of sp³-hybridized carbons (Fsp3) is 0.619. The van der Waals surface area contributed by atoms with Gasteiger partial charge in [0.15, 0.2) is 0 Å². The highest BCUT2D eigenvalue weighted by atomic mass is 16.5. The van der Waals surface area contributed by atoms with E-state index in [2.05, 4.69) is 27.7 Å². The molecule has 2 rings (SSSR count). The largest absolute Gasteiger partial charge is 0.478 e. The van der Waals surface area contributed by atoms with Gasteiger partial charge in [-0.05, 0) is 87.5 Å². The quantitative estimate of drug-likeness (QED) is 0.0478. The van der Waals surface area contributed by atoms with Crippen molar-refractivity contribution in [2.75, 3.05) is 26.4 Å². The predicted octanol–water partition coefficient (Wildman–Crippen LogP) is 9.19. The second-order valence-electron chi connectivity index (χ2n) is 13.8. The van der Waals surface area contributed by atoms with Crippen LogP contribution < -0.4 is 0 Å². The molecular weight excluding hydrogens is 696 g/mol. The number of benzene rings is 2. The van der Waals surface area contributed by atoms with Gasteiger partial charge in [-0.15, -0.1) is 0 Å². The topological polar surface area (TPSA) is 180 Å². The van der Waals surface area contributed by atoms with Crippen LogP contribution in [0.2, 0.25) is 0 Å². The van der Waals surface area contributed by atoms with Crippen LogP contribution in [-0.2, 0) is 28.5 Å². The van der Waals surface area contributed by atoms with Crippen LogP contribution in [0.25, 0.3) is 10.8 Å². The SMILES string of the molecule is CCCCC(CC)COC(=O)CCCCCOC(=O)c1ccc(C(=O)OCCCCCC(=O)OCC(CC)CCCC)c2c(C(=O)O)ccc(C(=O)O)c12. The number of carbonyl (C=O) groups excluding carboxylic acids is 4. The molecule has 0 aromatic heterocycles. The van der Waals surface area contributed by atoms with E-state index in [1.54, 1.807) is 0 Å². The van der Waals surface area contributed by atoms with E-state index in [-0.39, 0.29) is 71.0 Å². The van der Waals surface area contributed by atoms with Gasteiger partial charge in [0.05, 0.1) is 48.7 Å². The Labute approximate surface area is 319 Å². The summed E-state index contributed by atoms with van der Waals surface area (Å²) >= 11 is 0. The van der Waals surface area contributed by atoms with Gasteiger partial charge in [0.1, 0.15) is 0 Å². The smallest absolute Gasteiger partial charge is 0.338 e. The van der Waals surface area contributed by atoms with E-state index in [0.29, 0.717) is 63.6 Å². The van der Waals surface area contributed by atoms with Crippen LogP contribution in [0.1, 0.15) is 172 Å². The minimum atomic E-state index is -1.43. The highest BCUT2D eigenvalue weighted by Gasteiger charge is 2.27. The lowest BCUT2D eigenvalue weighted by Gasteiger charge is -2.15. The van der Waals surface area contributed by atoms with E-state index in [1.807, 2.05) is 0 Å². The maximum absolute atomic E-state index is 13.3. The molecule has 0 fully saturated rings. The van der Waals surface area contributed by atoms with Gasteiger partial charge in [-0.1, -0.05) is 66.2 Å². The number of ether oxygens (including phenoxy) is 4. The third kappa shape index (κ3) is 15.5. The molecule has 12 heteroatoms. The number of hydrogen-bond acceptors (Lipinski definition) is 10. The predicted molar refractivity (Wildman–Crippen MR) is 204 cm³/mol. The van der Waals surface area contributed by atoms with E-state index in [1.165, 1.54) is 12.1 Å².